The molecule has 0 radical (unpaired) electrons. The Kier molecular flexibility index (Phi) is 7.72. The smallest absolute Gasteiger partial charge is 0.243 e. The number of anilines is 2. The molecule has 3 aromatic carbocycles. The summed E-state index contributed by atoms with van der Waals surface area (Å²) in [7, 11) is 0. The predicted molar refractivity (Wildman–Crippen MR) is 122 cm³/mol. The highest BCUT2D eigenvalue weighted by Crippen LogP contribution is 2.25. The number of nitrogens with one attached hydrogen (secondary N) is 2. The maximum absolute atomic E-state index is 12.5. The van der Waals surface area contributed by atoms with Gasteiger partial charge in [0.2, 0.25) is 5.91 Å². The molecule has 0 unspecified atom stereocenters. The molecular weight excluding hydrogens is 376 g/mol. The SMILES string of the molecule is CC(C)c1ccccc1NCC(=O)Nc1ccccc1OCCOc1ccccc1. The molecule has 30 heavy (non-hydrogen) atoms. The van der Waals surface area contributed by atoms with Crippen LogP contribution in [0.2, 0.25) is 0 Å². The first-order valence-corrected chi connectivity index (χ1v) is 10.2. The fourth-order valence-corrected chi connectivity index (χ4v) is 3.05. The number of ether oxygens (including phenoxy) is 2. The zero-order valence-electron chi connectivity index (χ0n) is 17.4. The number of carbonyl (C=O) groups is 1. The van der Waals surface area contributed by atoms with Crippen LogP contribution in [0, 0.1) is 0 Å². The number of benzene rings is 3. The minimum Gasteiger partial charge on any atom is -0.490 e. The number of carbonyl (C=O) groups excluding carboxylic acids is 1. The summed E-state index contributed by atoms with van der Waals surface area (Å²) >= 11 is 0. The quantitative estimate of drug-likeness (QED) is 0.449. The van der Waals surface area contributed by atoms with E-state index in [0.717, 1.165) is 11.4 Å². The maximum atomic E-state index is 12.5. The number of para-hydroxylation sites is 4. The third-order valence-electron chi connectivity index (χ3n) is 4.54. The van der Waals surface area contributed by atoms with E-state index in [1.165, 1.54) is 5.56 Å². The van der Waals surface area contributed by atoms with E-state index in [0.29, 0.717) is 30.6 Å². The lowest BCUT2D eigenvalue weighted by Crippen LogP contribution is -2.23. The molecule has 1 amide bonds. The summed E-state index contributed by atoms with van der Waals surface area (Å²) < 4.78 is 11.5. The van der Waals surface area contributed by atoms with E-state index in [4.69, 9.17) is 9.47 Å². The largest absolute Gasteiger partial charge is 0.490 e. The predicted octanol–water partition coefficient (Wildman–Crippen LogP) is 5.32. The van der Waals surface area contributed by atoms with E-state index in [-0.39, 0.29) is 12.5 Å². The van der Waals surface area contributed by atoms with Crippen molar-refractivity contribution in [3.8, 4) is 11.5 Å². The zero-order chi connectivity index (χ0) is 21.2. The molecule has 0 aliphatic rings. The van der Waals surface area contributed by atoms with Crippen LogP contribution >= 0.6 is 0 Å². The standard InChI is InChI=1S/C25H28N2O3/c1-19(2)21-12-6-7-13-22(21)26-18-25(28)27-23-14-8-9-15-24(23)30-17-16-29-20-10-4-3-5-11-20/h3-15,19,26H,16-18H2,1-2H3,(H,27,28). The van der Waals surface area contributed by atoms with Crippen molar-refractivity contribution in [1.82, 2.24) is 0 Å². The molecule has 2 N–H and O–H groups in total. The van der Waals surface area contributed by atoms with Crippen LogP contribution in [-0.4, -0.2) is 25.7 Å². The van der Waals surface area contributed by atoms with Gasteiger partial charge in [-0.1, -0.05) is 62.4 Å². The van der Waals surface area contributed by atoms with Crippen molar-refractivity contribution < 1.29 is 14.3 Å². The fourth-order valence-electron chi connectivity index (χ4n) is 3.05. The lowest BCUT2D eigenvalue weighted by atomic mass is 10.0. The van der Waals surface area contributed by atoms with Crippen molar-refractivity contribution in [3.05, 3.63) is 84.4 Å². The first-order valence-electron chi connectivity index (χ1n) is 10.2. The number of rotatable bonds is 10. The summed E-state index contributed by atoms with van der Waals surface area (Å²) in [6.45, 7) is 5.24. The lowest BCUT2D eigenvalue weighted by Gasteiger charge is -2.15. The normalized spacial score (nSPS) is 10.5. The Balaban J connectivity index is 1.51. The van der Waals surface area contributed by atoms with E-state index in [1.54, 1.807) is 0 Å². The van der Waals surface area contributed by atoms with Gasteiger partial charge in [-0.25, -0.2) is 0 Å². The molecule has 5 nitrogen and oxygen atoms in total. The van der Waals surface area contributed by atoms with Crippen LogP contribution in [0.5, 0.6) is 11.5 Å². The van der Waals surface area contributed by atoms with Crippen LogP contribution in [0.1, 0.15) is 25.3 Å². The molecule has 0 atom stereocenters. The minimum absolute atomic E-state index is 0.134. The molecule has 0 saturated heterocycles. The monoisotopic (exact) mass is 404 g/mol. The second-order valence-corrected chi connectivity index (χ2v) is 7.15. The molecule has 0 aliphatic carbocycles. The minimum atomic E-state index is -0.134. The lowest BCUT2D eigenvalue weighted by molar-refractivity contribution is -0.114. The van der Waals surface area contributed by atoms with E-state index in [9.17, 15) is 4.79 Å². The summed E-state index contributed by atoms with van der Waals surface area (Å²) in [4.78, 5) is 12.5. The van der Waals surface area contributed by atoms with Crippen molar-refractivity contribution >= 4 is 17.3 Å². The van der Waals surface area contributed by atoms with Gasteiger partial charge in [-0.2, -0.15) is 0 Å². The van der Waals surface area contributed by atoms with Gasteiger partial charge in [0.25, 0.3) is 0 Å². The topological polar surface area (TPSA) is 59.6 Å². The van der Waals surface area contributed by atoms with E-state index in [1.807, 2.05) is 72.8 Å². The van der Waals surface area contributed by atoms with Crippen molar-refractivity contribution in [1.29, 1.82) is 0 Å². The first kappa shape index (κ1) is 21.2. The Hall–Kier alpha value is -3.47. The molecule has 0 bridgehead atoms. The second kappa shape index (κ2) is 10.9. The van der Waals surface area contributed by atoms with Crippen molar-refractivity contribution in [2.75, 3.05) is 30.4 Å². The Morgan fingerprint density at radius 1 is 0.800 bits per heavy atom. The second-order valence-electron chi connectivity index (χ2n) is 7.15. The maximum Gasteiger partial charge on any atom is 0.243 e. The average molecular weight is 405 g/mol. The number of amides is 1. The van der Waals surface area contributed by atoms with Gasteiger partial charge in [-0.05, 0) is 41.8 Å². The van der Waals surface area contributed by atoms with Gasteiger partial charge < -0.3 is 20.1 Å². The Morgan fingerprint density at radius 2 is 1.43 bits per heavy atom. The van der Waals surface area contributed by atoms with Crippen molar-refractivity contribution in [3.63, 3.8) is 0 Å². The molecule has 0 aromatic heterocycles. The number of hydrogen-bond donors (Lipinski definition) is 2. The van der Waals surface area contributed by atoms with Crippen molar-refractivity contribution in [2.45, 2.75) is 19.8 Å². The fraction of sp³-hybridized carbons (Fsp3) is 0.240. The molecular formula is C25H28N2O3. The van der Waals surface area contributed by atoms with Crippen LogP contribution in [0.4, 0.5) is 11.4 Å². The van der Waals surface area contributed by atoms with Gasteiger partial charge in [0.05, 0.1) is 12.2 Å². The highest BCUT2D eigenvalue weighted by molar-refractivity contribution is 5.95. The summed E-state index contributed by atoms with van der Waals surface area (Å²) in [5.74, 6) is 1.66. The van der Waals surface area contributed by atoms with Gasteiger partial charge >= 0.3 is 0 Å². The van der Waals surface area contributed by atoms with Gasteiger partial charge in [-0.15, -0.1) is 0 Å². The molecule has 3 rings (SSSR count). The van der Waals surface area contributed by atoms with Crippen LogP contribution in [0.3, 0.4) is 0 Å². The Bertz CT molecular complexity index is 942. The summed E-state index contributed by atoms with van der Waals surface area (Å²) in [6, 6.07) is 25.0. The molecule has 156 valence electrons. The Morgan fingerprint density at radius 3 is 2.20 bits per heavy atom. The summed E-state index contributed by atoms with van der Waals surface area (Å²) in [5, 5.41) is 6.15. The van der Waals surface area contributed by atoms with E-state index in [2.05, 4.69) is 30.5 Å². The molecule has 0 fully saturated rings. The van der Waals surface area contributed by atoms with Crippen molar-refractivity contribution in [2.24, 2.45) is 0 Å². The zero-order valence-corrected chi connectivity index (χ0v) is 17.4. The highest BCUT2D eigenvalue weighted by Gasteiger charge is 2.10. The first-order chi connectivity index (χ1) is 14.6. The third-order valence-corrected chi connectivity index (χ3v) is 4.54. The third kappa shape index (κ3) is 6.27. The van der Waals surface area contributed by atoms with Gasteiger partial charge in [-0.3, -0.25) is 4.79 Å². The van der Waals surface area contributed by atoms with Crippen LogP contribution in [0.25, 0.3) is 0 Å². The van der Waals surface area contributed by atoms with Gasteiger partial charge in [0.15, 0.2) is 0 Å². The van der Waals surface area contributed by atoms with Gasteiger partial charge in [0.1, 0.15) is 24.7 Å². The van der Waals surface area contributed by atoms with Crippen LogP contribution < -0.4 is 20.1 Å². The molecule has 3 aromatic rings. The molecule has 0 aliphatic heterocycles. The molecule has 0 saturated carbocycles. The number of hydrogen-bond acceptors (Lipinski definition) is 4. The molecule has 5 heteroatoms. The highest BCUT2D eigenvalue weighted by atomic mass is 16.5. The van der Waals surface area contributed by atoms with Crippen LogP contribution in [-0.2, 0) is 4.79 Å². The average Bonchev–Trinajstić information content (AvgIpc) is 2.77. The summed E-state index contributed by atoms with van der Waals surface area (Å²) in [5.41, 5.74) is 2.80. The van der Waals surface area contributed by atoms with Crippen LogP contribution in [0.15, 0.2) is 78.9 Å². The molecule has 0 spiro atoms. The summed E-state index contributed by atoms with van der Waals surface area (Å²) in [6.07, 6.45) is 0. The van der Waals surface area contributed by atoms with Gasteiger partial charge in [0, 0.05) is 5.69 Å². The molecule has 0 heterocycles. The Labute approximate surface area is 178 Å². The van der Waals surface area contributed by atoms with E-state index >= 15 is 0 Å². The van der Waals surface area contributed by atoms with E-state index < -0.39 is 0 Å².